The van der Waals surface area contributed by atoms with Crippen molar-refractivity contribution in [3.63, 3.8) is 0 Å². The Labute approximate surface area is 232 Å². The van der Waals surface area contributed by atoms with Gasteiger partial charge in [-0.2, -0.15) is 5.10 Å². The normalized spacial score (nSPS) is 28.3. The number of nitrogens with zero attached hydrogens (tertiary/aromatic N) is 5. The van der Waals surface area contributed by atoms with Crippen LogP contribution in [0.4, 0.5) is 0 Å². The molecule has 7 nitrogen and oxygen atoms in total. The number of halogens is 1. The van der Waals surface area contributed by atoms with Crippen LogP contribution < -0.4 is 5.32 Å². The van der Waals surface area contributed by atoms with E-state index in [4.69, 9.17) is 11.6 Å². The van der Waals surface area contributed by atoms with Crippen LogP contribution in [0.25, 0.3) is 0 Å². The Morgan fingerprint density at radius 3 is 2.39 bits per heavy atom. The largest absolute Gasteiger partial charge is 0.341 e. The number of aromatic nitrogens is 3. The van der Waals surface area contributed by atoms with Crippen LogP contribution in [0, 0.1) is 17.3 Å². The molecule has 1 saturated carbocycles. The monoisotopic (exact) mass is 538 g/mol. The van der Waals surface area contributed by atoms with E-state index >= 15 is 0 Å². The molecule has 4 saturated heterocycles. The van der Waals surface area contributed by atoms with Crippen LogP contribution in [-0.2, 0) is 17.8 Å². The molecule has 2 bridgehead atoms. The zero-order valence-electron chi connectivity index (χ0n) is 22.6. The van der Waals surface area contributed by atoms with Crippen LogP contribution in [0.3, 0.4) is 0 Å². The fraction of sp³-hybridized carbons (Fsp3) is 0.700. The summed E-state index contributed by atoms with van der Waals surface area (Å²) in [5, 5.41) is 9.09. The third kappa shape index (κ3) is 5.80. The van der Waals surface area contributed by atoms with Crippen molar-refractivity contribution in [1.29, 1.82) is 0 Å². The first-order valence-electron chi connectivity index (χ1n) is 14.9. The number of nitrogens with one attached hydrogen (secondary N) is 1. The SMILES string of the molecule is O=C([C@@H](Cc1ccc(Cl)cc1)NC1CN2CCC1CC2)N1CCC(Cn2cncn2)(C2CCCCC2)CC1. The van der Waals surface area contributed by atoms with Gasteiger partial charge in [-0.05, 0) is 93.0 Å². The molecule has 7 rings (SSSR count). The summed E-state index contributed by atoms with van der Waals surface area (Å²) in [5.41, 5.74) is 1.38. The lowest BCUT2D eigenvalue weighted by Gasteiger charge is -2.49. The molecule has 1 aromatic heterocycles. The van der Waals surface area contributed by atoms with Gasteiger partial charge >= 0.3 is 0 Å². The average Bonchev–Trinajstić information content (AvgIpc) is 3.48. The number of rotatable bonds is 8. The van der Waals surface area contributed by atoms with Gasteiger partial charge in [0.25, 0.3) is 0 Å². The lowest BCUT2D eigenvalue weighted by Crippen LogP contribution is -2.61. The van der Waals surface area contributed by atoms with Gasteiger partial charge in [0.1, 0.15) is 12.7 Å². The second-order valence-electron chi connectivity index (χ2n) is 12.4. The van der Waals surface area contributed by atoms with Crippen molar-refractivity contribution in [1.82, 2.24) is 29.9 Å². The summed E-state index contributed by atoms with van der Waals surface area (Å²) in [6.45, 7) is 6.08. The number of hydrogen-bond donors (Lipinski definition) is 1. The van der Waals surface area contributed by atoms with Gasteiger partial charge in [-0.1, -0.05) is 43.0 Å². The maximum Gasteiger partial charge on any atom is 0.240 e. The number of carbonyl (C=O) groups is 1. The van der Waals surface area contributed by atoms with Crippen molar-refractivity contribution in [3.8, 4) is 0 Å². The minimum atomic E-state index is -0.195. The molecule has 2 atom stereocenters. The zero-order valence-corrected chi connectivity index (χ0v) is 23.4. The Morgan fingerprint density at radius 2 is 1.76 bits per heavy atom. The highest BCUT2D eigenvalue weighted by molar-refractivity contribution is 6.30. The predicted molar refractivity (Wildman–Crippen MR) is 150 cm³/mol. The van der Waals surface area contributed by atoms with Crippen molar-refractivity contribution < 1.29 is 4.79 Å². The summed E-state index contributed by atoms with van der Waals surface area (Å²) in [4.78, 5) is 23.1. The number of benzene rings is 1. The van der Waals surface area contributed by atoms with Gasteiger partial charge in [0.05, 0.1) is 6.04 Å². The van der Waals surface area contributed by atoms with E-state index in [1.807, 2.05) is 23.1 Å². The molecule has 1 N–H and O–H groups in total. The molecule has 5 heterocycles. The van der Waals surface area contributed by atoms with Crippen molar-refractivity contribution in [3.05, 3.63) is 47.5 Å². The minimum Gasteiger partial charge on any atom is -0.341 e. The second-order valence-corrected chi connectivity index (χ2v) is 12.8. The third-order valence-electron chi connectivity index (χ3n) is 10.2. The molecule has 1 unspecified atom stereocenters. The van der Waals surface area contributed by atoms with Crippen molar-refractivity contribution in [2.24, 2.45) is 17.3 Å². The Balaban J connectivity index is 1.17. The summed E-state index contributed by atoms with van der Waals surface area (Å²) < 4.78 is 2.03. The van der Waals surface area contributed by atoms with Gasteiger partial charge in [-0.25, -0.2) is 4.98 Å². The quantitative estimate of drug-likeness (QED) is 0.539. The Hall–Kier alpha value is -1.96. The number of likely N-dealkylation sites (tertiary alicyclic amines) is 1. The average molecular weight is 539 g/mol. The molecule has 5 aliphatic rings. The molecule has 2 aromatic rings. The van der Waals surface area contributed by atoms with Crippen molar-refractivity contribution in [2.45, 2.75) is 82.8 Å². The van der Waals surface area contributed by atoms with E-state index in [2.05, 4.69) is 37.3 Å². The number of amides is 1. The topological polar surface area (TPSA) is 66.3 Å². The highest BCUT2D eigenvalue weighted by Gasteiger charge is 2.44. The van der Waals surface area contributed by atoms with E-state index in [1.165, 1.54) is 63.6 Å². The first kappa shape index (κ1) is 26.3. The first-order valence-corrected chi connectivity index (χ1v) is 15.3. The number of hydrogen-bond acceptors (Lipinski definition) is 5. The van der Waals surface area contributed by atoms with Crippen molar-refractivity contribution in [2.75, 3.05) is 32.7 Å². The number of fused-ring (bicyclic) bond motifs is 3. The second kappa shape index (κ2) is 11.6. The van der Waals surface area contributed by atoms with Crippen LogP contribution in [0.5, 0.6) is 0 Å². The zero-order chi connectivity index (χ0) is 26.0. The smallest absolute Gasteiger partial charge is 0.240 e. The highest BCUT2D eigenvalue weighted by Crippen LogP contribution is 2.47. The van der Waals surface area contributed by atoms with Crippen molar-refractivity contribution >= 4 is 17.5 Å². The molecular formula is C30H43ClN6O. The molecule has 0 radical (unpaired) electrons. The summed E-state index contributed by atoms with van der Waals surface area (Å²) in [7, 11) is 0. The minimum absolute atomic E-state index is 0.195. The molecule has 1 aliphatic carbocycles. The standard InChI is InChI=1S/C30H43ClN6O/c31-26-8-6-23(7-9-26)18-27(34-28-19-35-14-10-24(28)11-15-35)29(38)36-16-12-30(13-17-36,20-37-22-32-21-33-37)25-4-2-1-3-5-25/h6-9,21-22,24-25,27-28,34H,1-5,10-20H2/t27-,28?/m1/s1. The Bertz CT molecular complexity index is 1040. The van der Waals surface area contributed by atoms with Crippen LogP contribution in [0.1, 0.15) is 63.4 Å². The van der Waals surface area contributed by atoms with E-state index in [9.17, 15) is 4.79 Å². The summed E-state index contributed by atoms with van der Waals surface area (Å²) >= 11 is 6.17. The van der Waals surface area contributed by atoms with E-state index in [-0.39, 0.29) is 17.4 Å². The van der Waals surface area contributed by atoms with Gasteiger partial charge in [0.15, 0.2) is 0 Å². The van der Waals surface area contributed by atoms with Gasteiger partial charge in [-0.15, -0.1) is 0 Å². The molecule has 5 fully saturated rings. The van der Waals surface area contributed by atoms with Gasteiger partial charge in [-0.3, -0.25) is 9.48 Å². The Morgan fingerprint density at radius 1 is 1.03 bits per heavy atom. The van der Waals surface area contributed by atoms with E-state index in [1.54, 1.807) is 6.33 Å². The third-order valence-corrected chi connectivity index (χ3v) is 10.5. The maximum absolute atomic E-state index is 14.1. The van der Waals surface area contributed by atoms with Crippen LogP contribution in [0.2, 0.25) is 5.02 Å². The molecule has 4 aliphatic heterocycles. The molecule has 1 amide bonds. The lowest BCUT2D eigenvalue weighted by atomic mass is 9.63. The highest BCUT2D eigenvalue weighted by atomic mass is 35.5. The summed E-state index contributed by atoms with van der Waals surface area (Å²) in [6, 6.07) is 8.23. The van der Waals surface area contributed by atoms with Crippen LogP contribution in [0.15, 0.2) is 36.9 Å². The first-order chi connectivity index (χ1) is 18.6. The molecule has 0 spiro atoms. The fourth-order valence-corrected chi connectivity index (χ4v) is 8.05. The van der Waals surface area contributed by atoms with Gasteiger partial charge < -0.3 is 15.1 Å². The number of piperidine rings is 4. The molecular weight excluding hydrogens is 496 g/mol. The molecule has 38 heavy (non-hydrogen) atoms. The Kier molecular flexibility index (Phi) is 8.05. The van der Waals surface area contributed by atoms with E-state index in [0.717, 1.165) is 44.0 Å². The van der Waals surface area contributed by atoms with E-state index < -0.39 is 0 Å². The fourth-order valence-electron chi connectivity index (χ4n) is 7.93. The van der Waals surface area contributed by atoms with Crippen LogP contribution in [-0.4, -0.2) is 75.3 Å². The number of carbonyl (C=O) groups excluding carboxylic acids is 1. The molecule has 206 valence electrons. The predicted octanol–water partition coefficient (Wildman–Crippen LogP) is 4.42. The maximum atomic E-state index is 14.1. The van der Waals surface area contributed by atoms with Gasteiger partial charge in [0.2, 0.25) is 5.91 Å². The summed E-state index contributed by atoms with van der Waals surface area (Å²) in [5.74, 6) is 1.67. The van der Waals surface area contributed by atoms with Crippen LogP contribution >= 0.6 is 11.6 Å². The lowest BCUT2D eigenvalue weighted by molar-refractivity contribution is -0.137. The molecule has 1 aromatic carbocycles. The van der Waals surface area contributed by atoms with Gasteiger partial charge in [0, 0.05) is 37.2 Å². The summed E-state index contributed by atoms with van der Waals surface area (Å²) in [6.07, 6.45) is 15.5. The van der Waals surface area contributed by atoms with E-state index in [0.29, 0.717) is 24.3 Å². The molecule has 8 heteroatoms.